The number of rotatable bonds is 3. The molecule has 1 aliphatic heterocycles. The molecule has 1 aliphatic rings. The number of benzene rings is 1. The normalized spacial score (nSPS) is 14.1. The van der Waals surface area contributed by atoms with Crippen molar-refractivity contribution in [3.8, 4) is 11.5 Å². The third-order valence-corrected chi connectivity index (χ3v) is 3.77. The highest BCUT2D eigenvalue weighted by molar-refractivity contribution is 7.88. The van der Waals surface area contributed by atoms with Crippen molar-refractivity contribution >= 4 is 21.6 Å². The zero-order chi connectivity index (χ0) is 11.8. The molecule has 0 aromatic heterocycles. The second kappa shape index (κ2) is 4.12. The van der Waals surface area contributed by atoms with Gasteiger partial charge in [-0.05, 0) is 24.7 Å². The van der Waals surface area contributed by atoms with Gasteiger partial charge in [0.1, 0.15) is 0 Å². The predicted octanol–water partition coefficient (Wildman–Crippen LogP) is 1.12. The summed E-state index contributed by atoms with van der Waals surface area (Å²) in [7, 11) is -1.95. The van der Waals surface area contributed by atoms with E-state index in [9.17, 15) is 8.42 Å². The second-order valence-electron chi connectivity index (χ2n) is 3.27. The second-order valence-corrected chi connectivity index (χ2v) is 5.61. The van der Waals surface area contributed by atoms with E-state index in [1.807, 2.05) is 0 Å². The molecule has 0 atom stereocenters. The van der Waals surface area contributed by atoms with Gasteiger partial charge < -0.3 is 9.47 Å². The molecular weight excluding hydrogens is 254 g/mol. The molecule has 0 bridgehead atoms. The molecule has 0 radical (unpaired) electrons. The van der Waals surface area contributed by atoms with Gasteiger partial charge in [0, 0.05) is 0 Å². The van der Waals surface area contributed by atoms with Gasteiger partial charge in [0.05, 0.1) is 10.8 Å². The third kappa shape index (κ3) is 2.23. The van der Waals surface area contributed by atoms with E-state index in [0.29, 0.717) is 22.1 Å². The van der Waals surface area contributed by atoms with Crippen LogP contribution >= 0.6 is 11.6 Å². The monoisotopic (exact) mass is 263 g/mol. The lowest BCUT2D eigenvalue weighted by Gasteiger charge is -2.05. The van der Waals surface area contributed by atoms with Crippen LogP contribution in [0.15, 0.2) is 12.1 Å². The summed E-state index contributed by atoms with van der Waals surface area (Å²) < 4.78 is 35.2. The largest absolute Gasteiger partial charge is 0.454 e. The fraction of sp³-hybridized carbons (Fsp3) is 0.333. The average Bonchev–Trinajstić information content (AvgIpc) is 2.65. The van der Waals surface area contributed by atoms with E-state index in [1.165, 1.54) is 7.05 Å². The lowest BCUT2D eigenvalue weighted by molar-refractivity contribution is 0.174. The SMILES string of the molecule is CNS(=O)(=O)Cc1cc(Cl)c2c(c1)OCO2. The zero-order valence-corrected chi connectivity index (χ0v) is 10.1. The lowest BCUT2D eigenvalue weighted by Crippen LogP contribution is -2.20. The summed E-state index contributed by atoms with van der Waals surface area (Å²) in [5.74, 6) is 0.806. The third-order valence-electron chi connectivity index (χ3n) is 2.15. The molecule has 0 amide bonds. The van der Waals surface area contributed by atoms with Crippen LogP contribution in [0.5, 0.6) is 11.5 Å². The zero-order valence-electron chi connectivity index (χ0n) is 8.49. The van der Waals surface area contributed by atoms with Crippen molar-refractivity contribution in [3.63, 3.8) is 0 Å². The van der Waals surface area contributed by atoms with Crippen LogP contribution in [0.25, 0.3) is 0 Å². The molecule has 16 heavy (non-hydrogen) atoms. The van der Waals surface area contributed by atoms with Gasteiger partial charge in [-0.1, -0.05) is 11.6 Å². The quantitative estimate of drug-likeness (QED) is 0.888. The Morgan fingerprint density at radius 2 is 2.19 bits per heavy atom. The molecule has 1 N–H and O–H groups in total. The number of hydrogen-bond acceptors (Lipinski definition) is 4. The van der Waals surface area contributed by atoms with E-state index in [1.54, 1.807) is 12.1 Å². The topological polar surface area (TPSA) is 64.6 Å². The molecule has 2 rings (SSSR count). The summed E-state index contributed by atoms with van der Waals surface area (Å²) in [6.07, 6.45) is 0. The molecule has 0 saturated carbocycles. The first-order valence-corrected chi connectivity index (χ1v) is 6.54. The molecule has 1 aromatic rings. The maximum Gasteiger partial charge on any atom is 0.231 e. The predicted molar refractivity (Wildman–Crippen MR) is 59.3 cm³/mol. The van der Waals surface area contributed by atoms with Gasteiger partial charge in [0.15, 0.2) is 11.5 Å². The highest BCUT2D eigenvalue weighted by Gasteiger charge is 2.20. The molecular formula is C9H10ClNO4S. The van der Waals surface area contributed by atoms with Crippen molar-refractivity contribution in [3.05, 3.63) is 22.7 Å². The molecule has 0 fully saturated rings. The Hall–Kier alpha value is -0.980. The molecule has 5 nitrogen and oxygen atoms in total. The summed E-state index contributed by atoms with van der Waals surface area (Å²) in [6, 6.07) is 3.17. The van der Waals surface area contributed by atoms with Crippen molar-refractivity contribution < 1.29 is 17.9 Å². The van der Waals surface area contributed by atoms with E-state index in [-0.39, 0.29) is 12.5 Å². The summed E-state index contributed by atoms with van der Waals surface area (Å²) in [4.78, 5) is 0. The van der Waals surface area contributed by atoms with Crippen LogP contribution < -0.4 is 14.2 Å². The lowest BCUT2D eigenvalue weighted by atomic mass is 10.2. The minimum absolute atomic E-state index is 0.108. The summed E-state index contributed by atoms with van der Waals surface area (Å²) >= 11 is 5.93. The van der Waals surface area contributed by atoms with Crippen LogP contribution in [0, 0.1) is 0 Å². The van der Waals surface area contributed by atoms with Gasteiger partial charge in [-0.3, -0.25) is 0 Å². The van der Waals surface area contributed by atoms with Crippen LogP contribution in [-0.2, 0) is 15.8 Å². The van der Waals surface area contributed by atoms with Crippen LogP contribution in [0.3, 0.4) is 0 Å². The Morgan fingerprint density at radius 3 is 2.88 bits per heavy atom. The number of ether oxygens (including phenoxy) is 2. The molecule has 7 heteroatoms. The number of halogens is 1. The molecule has 0 unspecified atom stereocenters. The summed E-state index contributed by atoms with van der Waals surface area (Å²) in [6.45, 7) is 0.108. The molecule has 88 valence electrons. The first kappa shape index (κ1) is 11.5. The Kier molecular flexibility index (Phi) is 2.96. The highest BCUT2D eigenvalue weighted by Crippen LogP contribution is 2.40. The van der Waals surface area contributed by atoms with Crippen LogP contribution in [0.4, 0.5) is 0 Å². The van der Waals surface area contributed by atoms with E-state index < -0.39 is 10.0 Å². The fourth-order valence-electron chi connectivity index (χ4n) is 1.40. The minimum Gasteiger partial charge on any atom is -0.454 e. The van der Waals surface area contributed by atoms with Gasteiger partial charge in [0.2, 0.25) is 16.8 Å². The number of nitrogens with one attached hydrogen (secondary N) is 1. The molecule has 1 heterocycles. The number of sulfonamides is 1. The smallest absolute Gasteiger partial charge is 0.231 e. The van der Waals surface area contributed by atoms with Gasteiger partial charge in [-0.2, -0.15) is 0 Å². The van der Waals surface area contributed by atoms with E-state index >= 15 is 0 Å². The van der Waals surface area contributed by atoms with Crippen molar-refractivity contribution in [1.29, 1.82) is 0 Å². The van der Waals surface area contributed by atoms with Gasteiger partial charge >= 0.3 is 0 Å². The average molecular weight is 264 g/mol. The first-order valence-electron chi connectivity index (χ1n) is 4.51. The highest BCUT2D eigenvalue weighted by atomic mass is 35.5. The van der Waals surface area contributed by atoms with E-state index in [0.717, 1.165) is 0 Å². The van der Waals surface area contributed by atoms with Crippen LogP contribution in [0.2, 0.25) is 5.02 Å². The summed E-state index contributed by atoms with van der Waals surface area (Å²) in [5.41, 5.74) is 0.559. The van der Waals surface area contributed by atoms with Crippen molar-refractivity contribution in [2.75, 3.05) is 13.8 Å². The van der Waals surface area contributed by atoms with Gasteiger partial charge in [0.25, 0.3) is 0 Å². The Bertz CT molecular complexity index is 514. The molecule has 0 saturated heterocycles. The van der Waals surface area contributed by atoms with Crippen molar-refractivity contribution in [1.82, 2.24) is 4.72 Å². The van der Waals surface area contributed by atoms with E-state index in [2.05, 4.69) is 4.72 Å². The van der Waals surface area contributed by atoms with Crippen molar-refractivity contribution in [2.24, 2.45) is 0 Å². The number of hydrogen-bond donors (Lipinski definition) is 1. The molecule has 1 aromatic carbocycles. The van der Waals surface area contributed by atoms with Gasteiger partial charge in [-0.15, -0.1) is 0 Å². The van der Waals surface area contributed by atoms with Gasteiger partial charge in [-0.25, -0.2) is 13.1 Å². The maximum atomic E-state index is 11.4. The standard InChI is InChI=1S/C9H10ClNO4S/c1-11-16(12,13)4-6-2-7(10)9-8(3-6)14-5-15-9/h2-3,11H,4-5H2,1H3. The van der Waals surface area contributed by atoms with E-state index in [4.69, 9.17) is 21.1 Å². The first-order chi connectivity index (χ1) is 7.52. The Labute approximate surface area is 98.4 Å². The Morgan fingerprint density at radius 1 is 1.44 bits per heavy atom. The Balaban J connectivity index is 2.34. The van der Waals surface area contributed by atoms with Crippen LogP contribution in [0.1, 0.15) is 5.56 Å². The fourth-order valence-corrected chi connectivity index (χ4v) is 2.43. The van der Waals surface area contributed by atoms with Crippen LogP contribution in [-0.4, -0.2) is 22.3 Å². The summed E-state index contributed by atoms with van der Waals surface area (Å²) in [5, 5.41) is 0.358. The minimum atomic E-state index is -3.31. The maximum absolute atomic E-state index is 11.4. The molecule has 0 spiro atoms. The molecule has 0 aliphatic carbocycles. The number of fused-ring (bicyclic) bond motifs is 1. The van der Waals surface area contributed by atoms with Crippen molar-refractivity contribution in [2.45, 2.75) is 5.75 Å².